The van der Waals surface area contributed by atoms with E-state index in [0.29, 0.717) is 24.7 Å². The first-order valence-electron chi connectivity index (χ1n) is 5.97. The highest BCUT2D eigenvalue weighted by Gasteiger charge is 2.22. The largest absolute Gasteiger partial charge is 0.393 e. The van der Waals surface area contributed by atoms with Gasteiger partial charge in [-0.15, -0.1) is 0 Å². The summed E-state index contributed by atoms with van der Waals surface area (Å²) < 4.78 is 5.22. The van der Waals surface area contributed by atoms with Crippen molar-refractivity contribution in [3.8, 4) is 0 Å². The summed E-state index contributed by atoms with van der Waals surface area (Å²) in [5, 5.41) is 2.95. The molecule has 5 nitrogen and oxygen atoms in total. The van der Waals surface area contributed by atoms with Crippen LogP contribution in [-0.2, 0) is 4.74 Å². The third-order valence-corrected chi connectivity index (χ3v) is 3.31. The Bertz CT molecular complexity index is 280. The Morgan fingerprint density at radius 1 is 1.71 bits per heavy atom. The summed E-state index contributed by atoms with van der Waals surface area (Å²) in [6.45, 7) is 6.40. The second kappa shape index (κ2) is 6.76. The second-order valence-electron chi connectivity index (χ2n) is 4.35. The summed E-state index contributed by atoms with van der Waals surface area (Å²) in [6.07, 6.45) is 0.883. The Balaban J connectivity index is 2.42. The summed E-state index contributed by atoms with van der Waals surface area (Å²) in [6, 6.07) is 0.0720. The smallest absolute Gasteiger partial charge is 0.317 e. The van der Waals surface area contributed by atoms with Crippen molar-refractivity contribution in [1.82, 2.24) is 10.2 Å². The molecule has 0 aromatic carbocycles. The van der Waals surface area contributed by atoms with Crippen LogP contribution in [0.3, 0.4) is 0 Å². The van der Waals surface area contributed by atoms with Crippen molar-refractivity contribution in [3.63, 3.8) is 0 Å². The van der Waals surface area contributed by atoms with Gasteiger partial charge in [0.1, 0.15) is 0 Å². The number of carbonyl (C=O) groups is 1. The highest BCUT2D eigenvalue weighted by atomic mass is 32.1. The molecular formula is C11H21N3O2S. The molecule has 1 heterocycles. The minimum absolute atomic E-state index is 0.0375. The highest BCUT2D eigenvalue weighted by Crippen LogP contribution is 2.06. The van der Waals surface area contributed by atoms with Gasteiger partial charge in [-0.3, -0.25) is 0 Å². The quantitative estimate of drug-likeness (QED) is 0.714. The van der Waals surface area contributed by atoms with Gasteiger partial charge >= 0.3 is 6.03 Å². The number of carbonyl (C=O) groups excluding carboxylic acids is 1. The van der Waals surface area contributed by atoms with E-state index >= 15 is 0 Å². The standard InChI is InChI=1S/C11H21N3O2S/c1-3-14(6-8(2)10(12)17)11(15)13-9-4-5-16-7-9/h8-9H,3-7H2,1-2H3,(H2,12,17)(H,13,15). The van der Waals surface area contributed by atoms with Crippen LogP contribution in [-0.4, -0.2) is 48.3 Å². The summed E-state index contributed by atoms with van der Waals surface area (Å²) in [7, 11) is 0. The minimum atomic E-state index is -0.0638. The van der Waals surface area contributed by atoms with Crippen LogP contribution in [0.5, 0.6) is 0 Å². The van der Waals surface area contributed by atoms with E-state index in [4.69, 9.17) is 22.7 Å². The topological polar surface area (TPSA) is 67.6 Å². The molecule has 0 saturated carbocycles. The van der Waals surface area contributed by atoms with Crippen molar-refractivity contribution in [2.75, 3.05) is 26.3 Å². The Kier molecular flexibility index (Phi) is 5.64. The van der Waals surface area contributed by atoms with Crippen molar-refractivity contribution in [3.05, 3.63) is 0 Å². The Morgan fingerprint density at radius 2 is 2.41 bits per heavy atom. The molecule has 98 valence electrons. The first-order chi connectivity index (χ1) is 8.04. The molecule has 1 aliphatic heterocycles. The van der Waals surface area contributed by atoms with Crippen LogP contribution in [0.2, 0.25) is 0 Å². The fraction of sp³-hybridized carbons (Fsp3) is 0.818. The molecule has 2 atom stereocenters. The Labute approximate surface area is 108 Å². The van der Waals surface area contributed by atoms with Crippen LogP contribution in [0.25, 0.3) is 0 Å². The molecule has 3 N–H and O–H groups in total. The number of urea groups is 1. The Hall–Kier alpha value is -0.880. The number of ether oxygens (including phenoxy) is 1. The van der Waals surface area contributed by atoms with Gasteiger partial charge in [-0.2, -0.15) is 0 Å². The van der Waals surface area contributed by atoms with E-state index in [9.17, 15) is 4.79 Å². The maximum atomic E-state index is 12.0. The monoisotopic (exact) mass is 259 g/mol. The highest BCUT2D eigenvalue weighted by molar-refractivity contribution is 7.80. The number of hydrogen-bond acceptors (Lipinski definition) is 3. The van der Waals surface area contributed by atoms with Gasteiger partial charge in [-0.25, -0.2) is 4.79 Å². The predicted octanol–water partition coefficient (Wildman–Crippen LogP) is 0.729. The van der Waals surface area contributed by atoms with Gasteiger partial charge in [0.05, 0.1) is 17.6 Å². The molecule has 0 radical (unpaired) electrons. The fourth-order valence-electron chi connectivity index (χ4n) is 1.69. The van der Waals surface area contributed by atoms with E-state index in [1.807, 2.05) is 13.8 Å². The maximum absolute atomic E-state index is 12.0. The van der Waals surface area contributed by atoms with E-state index in [1.165, 1.54) is 0 Å². The van der Waals surface area contributed by atoms with Crippen LogP contribution < -0.4 is 11.1 Å². The van der Waals surface area contributed by atoms with E-state index in [2.05, 4.69) is 5.32 Å². The average Bonchev–Trinajstić information content (AvgIpc) is 2.77. The first-order valence-corrected chi connectivity index (χ1v) is 6.38. The van der Waals surface area contributed by atoms with E-state index in [1.54, 1.807) is 4.90 Å². The molecule has 1 aliphatic rings. The third-order valence-electron chi connectivity index (χ3n) is 2.91. The molecular weight excluding hydrogens is 238 g/mol. The lowest BCUT2D eigenvalue weighted by Gasteiger charge is -2.25. The van der Waals surface area contributed by atoms with Gasteiger partial charge in [0, 0.05) is 25.6 Å². The Morgan fingerprint density at radius 3 is 2.88 bits per heavy atom. The number of nitrogens with zero attached hydrogens (tertiary/aromatic N) is 1. The van der Waals surface area contributed by atoms with Crippen molar-refractivity contribution in [2.45, 2.75) is 26.3 Å². The zero-order chi connectivity index (χ0) is 12.8. The van der Waals surface area contributed by atoms with Crippen LogP contribution >= 0.6 is 12.2 Å². The summed E-state index contributed by atoms with van der Waals surface area (Å²) in [4.78, 5) is 14.1. The minimum Gasteiger partial charge on any atom is -0.393 e. The first kappa shape index (κ1) is 14.2. The molecule has 1 saturated heterocycles. The molecule has 17 heavy (non-hydrogen) atoms. The molecule has 1 fully saturated rings. The molecule has 1 rings (SSSR count). The van der Waals surface area contributed by atoms with Gasteiger partial charge in [-0.1, -0.05) is 19.1 Å². The molecule has 6 heteroatoms. The molecule has 2 unspecified atom stereocenters. The number of nitrogens with one attached hydrogen (secondary N) is 1. The van der Waals surface area contributed by atoms with Gasteiger partial charge in [0.2, 0.25) is 0 Å². The molecule has 0 spiro atoms. The van der Waals surface area contributed by atoms with Crippen LogP contribution in [0, 0.1) is 5.92 Å². The lowest BCUT2D eigenvalue weighted by molar-refractivity contribution is 0.177. The second-order valence-corrected chi connectivity index (χ2v) is 4.82. The van der Waals surface area contributed by atoms with Crippen molar-refractivity contribution in [1.29, 1.82) is 0 Å². The molecule has 0 aromatic rings. The van der Waals surface area contributed by atoms with Crippen molar-refractivity contribution >= 4 is 23.2 Å². The van der Waals surface area contributed by atoms with Crippen LogP contribution in [0.1, 0.15) is 20.3 Å². The predicted molar refractivity (Wildman–Crippen MR) is 71.0 cm³/mol. The van der Waals surface area contributed by atoms with Crippen LogP contribution in [0.4, 0.5) is 4.79 Å². The molecule has 0 bridgehead atoms. The SMILES string of the molecule is CCN(CC(C)C(N)=S)C(=O)NC1CCOC1. The van der Waals surface area contributed by atoms with Gasteiger partial charge in [0.15, 0.2) is 0 Å². The number of nitrogens with two attached hydrogens (primary N) is 1. The van der Waals surface area contributed by atoms with Crippen LogP contribution in [0.15, 0.2) is 0 Å². The lowest BCUT2D eigenvalue weighted by atomic mass is 10.1. The fourth-order valence-corrected chi connectivity index (χ4v) is 1.76. The van der Waals surface area contributed by atoms with Gasteiger partial charge in [0.25, 0.3) is 0 Å². The average molecular weight is 259 g/mol. The number of amides is 2. The molecule has 0 aliphatic carbocycles. The van der Waals surface area contributed by atoms with Gasteiger partial charge in [-0.05, 0) is 13.3 Å². The van der Waals surface area contributed by atoms with Crippen molar-refractivity contribution < 1.29 is 9.53 Å². The van der Waals surface area contributed by atoms with E-state index in [0.717, 1.165) is 13.0 Å². The zero-order valence-electron chi connectivity index (χ0n) is 10.4. The van der Waals surface area contributed by atoms with E-state index in [-0.39, 0.29) is 18.0 Å². The van der Waals surface area contributed by atoms with Crippen molar-refractivity contribution in [2.24, 2.45) is 11.7 Å². The van der Waals surface area contributed by atoms with Gasteiger partial charge < -0.3 is 20.7 Å². The third kappa shape index (κ3) is 4.47. The summed E-state index contributed by atoms with van der Waals surface area (Å²) in [5.41, 5.74) is 5.56. The number of rotatable bonds is 5. The zero-order valence-corrected chi connectivity index (χ0v) is 11.3. The summed E-state index contributed by atoms with van der Waals surface area (Å²) >= 11 is 4.91. The molecule has 2 amide bonds. The lowest BCUT2D eigenvalue weighted by Crippen LogP contribution is -2.47. The summed E-state index contributed by atoms with van der Waals surface area (Å²) in [5.74, 6) is 0.0375. The normalized spacial score (nSPS) is 20.9. The number of thiocarbonyl (C=S) groups is 1. The molecule has 0 aromatic heterocycles. The maximum Gasteiger partial charge on any atom is 0.317 e. The van der Waals surface area contributed by atoms with E-state index < -0.39 is 0 Å². The number of hydrogen-bond donors (Lipinski definition) is 2.